The van der Waals surface area contributed by atoms with E-state index in [0.29, 0.717) is 22.8 Å². The Morgan fingerprint density at radius 2 is 2.21 bits per heavy atom. The SMILES string of the molecule is CC(C)n1cc(Oc2nc(N)nc3nc[nH]c23)cn1. The summed E-state index contributed by atoms with van der Waals surface area (Å²) >= 11 is 0. The fourth-order valence-electron chi connectivity index (χ4n) is 1.66. The topological polar surface area (TPSA) is 108 Å². The van der Waals surface area contributed by atoms with E-state index in [0.717, 1.165) is 0 Å². The van der Waals surface area contributed by atoms with Crippen molar-refractivity contribution < 1.29 is 4.74 Å². The third-order valence-electron chi connectivity index (χ3n) is 2.59. The van der Waals surface area contributed by atoms with Gasteiger partial charge < -0.3 is 15.5 Å². The molecule has 0 unspecified atom stereocenters. The summed E-state index contributed by atoms with van der Waals surface area (Å²) in [7, 11) is 0. The van der Waals surface area contributed by atoms with Crippen LogP contribution in [-0.2, 0) is 0 Å². The molecule has 0 saturated carbocycles. The lowest BCUT2D eigenvalue weighted by molar-refractivity contribution is 0.464. The Hall–Kier alpha value is -2.64. The van der Waals surface area contributed by atoms with Crippen molar-refractivity contribution in [2.45, 2.75) is 19.9 Å². The summed E-state index contributed by atoms with van der Waals surface area (Å²) in [4.78, 5) is 15.0. The summed E-state index contributed by atoms with van der Waals surface area (Å²) in [6, 6.07) is 0.264. The number of fused-ring (bicyclic) bond motifs is 1. The molecule has 8 heteroatoms. The summed E-state index contributed by atoms with van der Waals surface area (Å²) < 4.78 is 7.47. The zero-order valence-corrected chi connectivity index (χ0v) is 10.5. The predicted molar refractivity (Wildman–Crippen MR) is 68.8 cm³/mol. The van der Waals surface area contributed by atoms with Crippen LogP contribution < -0.4 is 10.5 Å². The molecular formula is C11H13N7O. The van der Waals surface area contributed by atoms with Gasteiger partial charge in [0.2, 0.25) is 5.95 Å². The molecule has 3 heterocycles. The second kappa shape index (κ2) is 4.23. The lowest BCUT2D eigenvalue weighted by Crippen LogP contribution is -2.00. The van der Waals surface area contributed by atoms with Crippen LogP contribution in [0, 0.1) is 0 Å². The molecule has 0 radical (unpaired) electrons. The number of aromatic nitrogens is 6. The third-order valence-corrected chi connectivity index (χ3v) is 2.59. The minimum atomic E-state index is 0.117. The molecule has 0 aliphatic carbocycles. The van der Waals surface area contributed by atoms with Crippen molar-refractivity contribution >= 4 is 17.1 Å². The minimum Gasteiger partial charge on any atom is -0.434 e. The number of imidazole rings is 1. The van der Waals surface area contributed by atoms with Crippen LogP contribution >= 0.6 is 0 Å². The molecule has 0 fully saturated rings. The molecule has 0 saturated heterocycles. The zero-order valence-electron chi connectivity index (χ0n) is 10.5. The number of rotatable bonds is 3. The molecule has 19 heavy (non-hydrogen) atoms. The van der Waals surface area contributed by atoms with Gasteiger partial charge in [-0.3, -0.25) is 4.68 Å². The Labute approximate surface area is 108 Å². The Bertz CT molecular complexity index is 715. The van der Waals surface area contributed by atoms with E-state index in [1.54, 1.807) is 17.1 Å². The van der Waals surface area contributed by atoms with Crippen molar-refractivity contribution in [2.75, 3.05) is 5.73 Å². The van der Waals surface area contributed by atoms with E-state index in [9.17, 15) is 0 Å². The number of hydrogen-bond donors (Lipinski definition) is 2. The van der Waals surface area contributed by atoms with E-state index in [-0.39, 0.29) is 12.0 Å². The minimum absolute atomic E-state index is 0.117. The van der Waals surface area contributed by atoms with Crippen molar-refractivity contribution in [3.63, 3.8) is 0 Å². The van der Waals surface area contributed by atoms with Gasteiger partial charge >= 0.3 is 0 Å². The molecule has 0 aliphatic heterocycles. The smallest absolute Gasteiger partial charge is 0.250 e. The van der Waals surface area contributed by atoms with Gasteiger partial charge in [0.1, 0.15) is 5.52 Å². The van der Waals surface area contributed by atoms with Gasteiger partial charge in [-0.05, 0) is 13.8 Å². The van der Waals surface area contributed by atoms with Gasteiger partial charge in [-0.15, -0.1) is 0 Å². The Morgan fingerprint density at radius 3 is 2.95 bits per heavy atom. The maximum Gasteiger partial charge on any atom is 0.250 e. The molecule has 0 amide bonds. The van der Waals surface area contributed by atoms with E-state index in [1.807, 2.05) is 13.8 Å². The first-order valence-corrected chi connectivity index (χ1v) is 5.82. The highest BCUT2D eigenvalue weighted by Crippen LogP contribution is 2.25. The van der Waals surface area contributed by atoms with E-state index >= 15 is 0 Å². The van der Waals surface area contributed by atoms with E-state index < -0.39 is 0 Å². The number of hydrogen-bond acceptors (Lipinski definition) is 6. The van der Waals surface area contributed by atoms with E-state index in [4.69, 9.17) is 10.5 Å². The summed E-state index contributed by atoms with van der Waals surface area (Å²) in [5, 5.41) is 4.19. The average molecular weight is 259 g/mol. The van der Waals surface area contributed by atoms with Crippen LogP contribution in [0.15, 0.2) is 18.7 Å². The second-order valence-electron chi connectivity index (χ2n) is 4.34. The predicted octanol–water partition coefficient (Wildman–Crippen LogP) is 1.50. The number of nitrogens with two attached hydrogens (primary N) is 1. The summed E-state index contributed by atoms with van der Waals surface area (Å²) in [5.74, 6) is 1.04. The normalized spacial score (nSPS) is 11.3. The van der Waals surface area contributed by atoms with Gasteiger partial charge in [-0.2, -0.15) is 15.1 Å². The summed E-state index contributed by atoms with van der Waals surface area (Å²) in [6.07, 6.45) is 4.94. The molecule has 0 bridgehead atoms. The fourth-order valence-corrected chi connectivity index (χ4v) is 1.66. The molecule has 8 nitrogen and oxygen atoms in total. The van der Waals surface area contributed by atoms with Crippen LogP contribution in [0.2, 0.25) is 0 Å². The number of anilines is 1. The van der Waals surface area contributed by atoms with Gasteiger partial charge in [-0.1, -0.05) is 0 Å². The van der Waals surface area contributed by atoms with Gasteiger partial charge in [0.15, 0.2) is 11.4 Å². The van der Waals surface area contributed by atoms with Crippen LogP contribution in [0.4, 0.5) is 5.95 Å². The molecule has 3 rings (SSSR count). The van der Waals surface area contributed by atoms with Crippen molar-refractivity contribution in [1.29, 1.82) is 0 Å². The number of aromatic amines is 1. The maximum atomic E-state index is 5.68. The van der Waals surface area contributed by atoms with Gasteiger partial charge in [0.25, 0.3) is 5.88 Å². The standard InChI is InChI=1S/C11H13N7O/c1-6(2)18-4-7(3-15-18)19-10-8-9(14-5-13-8)16-11(12)17-10/h3-6H,1-2H3,(H3,12,13,14,16,17). The number of nitrogen functional groups attached to an aromatic ring is 1. The van der Waals surface area contributed by atoms with Crippen molar-refractivity contribution in [1.82, 2.24) is 29.7 Å². The molecule has 98 valence electrons. The van der Waals surface area contributed by atoms with E-state index in [1.165, 1.54) is 6.33 Å². The molecule has 0 atom stereocenters. The first kappa shape index (κ1) is 11.5. The molecular weight excluding hydrogens is 246 g/mol. The zero-order chi connectivity index (χ0) is 13.4. The largest absolute Gasteiger partial charge is 0.434 e. The van der Waals surface area contributed by atoms with Gasteiger partial charge in [0, 0.05) is 6.04 Å². The number of H-pyrrole nitrogens is 1. The van der Waals surface area contributed by atoms with Crippen LogP contribution in [0.3, 0.4) is 0 Å². The molecule has 0 aromatic carbocycles. The molecule has 3 aromatic heterocycles. The highest BCUT2D eigenvalue weighted by atomic mass is 16.5. The number of nitrogens with zero attached hydrogens (tertiary/aromatic N) is 5. The highest BCUT2D eigenvalue weighted by molar-refractivity contribution is 5.77. The maximum absolute atomic E-state index is 5.68. The van der Waals surface area contributed by atoms with Crippen LogP contribution in [0.25, 0.3) is 11.2 Å². The average Bonchev–Trinajstić information content (AvgIpc) is 2.96. The Morgan fingerprint density at radius 1 is 1.37 bits per heavy atom. The first-order valence-electron chi connectivity index (χ1n) is 5.82. The molecule has 0 aliphatic rings. The van der Waals surface area contributed by atoms with Crippen LogP contribution in [0.5, 0.6) is 11.6 Å². The first-order chi connectivity index (χ1) is 9.13. The Balaban J connectivity index is 1.97. The Kier molecular flexibility index (Phi) is 2.55. The monoisotopic (exact) mass is 259 g/mol. The number of nitrogens with one attached hydrogen (secondary N) is 1. The van der Waals surface area contributed by atoms with Crippen molar-refractivity contribution in [2.24, 2.45) is 0 Å². The van der Waals surface area contributed by atoms with Crippen LogP contribution in [-0.4, -0.2) is 29.7 Å². The van der Waals surface area contributed by atoms with Crippen molar-refractivity contribution in [3.8, 4) is 11.6 Å². The third kappa shape index (κ3) is 2.07. The number of ether oxygens (including phenoxy) is 1. The van der Waals surface area contributed by atoms with E-state index in [2.05, 4.69) is 25.0 Å². The van der Waals surface area contributed by atoms with Gasteiger partial charge in [-0.25, -0.2) is 4.98 Å². The summed E-state index contributed by atoms with van der Waals surface area (Å²) in [5.41, 5.74) is 6.69. The summed E-state index contributed by atoms with van der Waals surface area (Å²) in [6.45, 7) is 4.07. The lowest BCUT2D eigenvalue weighted by atomic mass is 10.4. The molecule has 3 N–H and O–H groups in total. The molecule has 3 aromatic rings. The van der Waals surface area contributed by atoms with Crippen LogP contribution in [0.1, 0.15) is 19.9 Å². The fraction of sp³-hybridized carbons (Fsp3) is 0.273. The molecule has 0 spiro atoms. The second-order valence-corrected chi connectivity index (χ2v) is 4.34. The quantitative estimate of drug-likeness (QED) is 0.738. The lowest BCUT2D eigenvalue weighted by Gasteiger charge is -2.04. The van der Waals surface area contributed by atoms with Gasteiger partial charge in [0.05, 0.1) is 18.7 Å². The van der Waals surface area contributed by atoms with Crippen molar-refractivity contribution in [3.05, 3.63) is 18.7 Å². The highest BCUT2D eigenvalue weighted by Gasteiger charge is 2.12.